The summed E-state index contributed by atoms with van der Waals surface area (Å²) in [5.41, 5.74) is 6.41. The lowest BCUT2D eigenvalue weighted by Gasteiger charge is -2.06. The van der Waals surface area contributed by atoms with E-state index in [9.17, 15) is 0 Å². The van der Waals surface area contributed by atoms with Gasteiger partial charge in [-0.2, -0.15) is 5.10 Å². The number of hydrogen-bond donors (Lipinski definition) is 1. The highest BCUT2D eigenvalue weighted by molar-refractivity contribution is 6.31. The molecule has 2 aromatic heterocycles. The Kier molecular flexibility index (Phi) is 3.67. The minimum Gasteiger partial charge on any atom is -0.455 e. The first-order valence-corrected chi connectivity index (χ1v) is 7.92. The molecule has 0 aliphatic heterocycles. The maximum absolute atomic E-state index is 6.02. The zero-order valence-electron chi connectivity index (χ0n) is 13.0. The summed E-state index contributed by atoms with van der Waals surface area (Å²) in [5, 5.41) is 7.13. The molecule has 1 N–H and O–H groups in total. The van der Waals surface area contributed by atoms with Crippen molar-refractivity contribution in [2.75, 3.05) is 5.43 Å². The number of pyridine rings is 1. The molecule has 5 heteroatoms. The number of anilines is 1. The number of aromatic nitrogens is 1. The molecule has 0 amide bonds. The van der Waals surface area contributed by atoms with Crippen molar-refractivity contribution in [3.63, 3.8) is 0 Å². The molecule has 0 unspecified atom stereocenters. The normalized spacial score (nSPS) is 12.0. The molecule has 0 saturated carbocycles. The van der Waals surface area contributed by atoms with Crippen molar-refractivity contribution in [3.8, 4) is 0 Å². The number of furan rings is 1. The van der Waals surface area contributed by atoms with E-state index in [-0.39, 0.29) is 0 Å². The standard InChI is InChI=1S/C19H14ClN3O/c1-12(19-10-13-4-2-3-5-18(13)24-19)22-23-16-8-9-21-17-11-14(20)6-7-15(16)17/h2-11H,1H3,(H,21,23). The van der Waals surface area contributed by atoms with E-state index < -0.39 is 0 Å². The number of fused-ring (bicyclic) bond motifs is 2. The number of benzene rings is 2. The van der Waals surface area contributed by atoms with Crippen LogP contribution in [0.4, 0.5) is 5.69 Å². The summed E-state index contributed by atoms with van der Waals surface area (Å²) in [6, 6.07) is 17.4. The molecule has 0 saturated heterocycles. The van der Waals surface area contributed by atoms with Crippen molar-refractivity contribution in [1.82, 2.24) is 4.98 Å². The van der Waals surface area contributed by atoms with Crippen molar-refractivity contribution in [1.29, 1.82) is 0 Å². The largest absolute Gasteiger partial charge is 0.455 e. The van der Waals surface area contributed by atoms with Crippen LogP contribution in [-0.4, -0.2) is 10.7 Å². The first-order chi connectivity index (χ1) is 11.7. The Balaban J connectivity index is 1.67. The molecule has 0 fully saturated rings. The number of nitrogens with zero attached hydrogens (tertiary/aromatic N) is 2. The van der Waals surface area contributed by atoms with Crippen molar-refractivity contribution in [3.05, 3.63) is 71.6 Å². The maximum atomic E-state index is 6.02. The molecule has 0 bridgehead atoms. The van der Waals surface area contributed by atoms with Gasteiger partial charge in [0.15, 0.2) is 5.76 Å². The minimum absolute atomic E-state index is 0.661. The highest BCUT2D eigenvalue weighted by atomic mass is 35.5. The monoisotopic (exact) mass is 335 g/mol. The van der Waals surface area contributed by atoms with Gasteiger partial charge in [-0.3, -0.25) is 10.4 Å². The molecule has 0 atom stereocenters. The molecule has 0 aliphatic carbocycles. The molecular weight excluding hydrogens is 322 g/mol. The van der Waals surface area contributed by atoms with Gasteiger partial charge >= 0.3 is 0 Å². The third-order valence-electron chi connectivity index (χ3n) is 3.83. The third kappa shape index (κ3) is 2.72. The molecule has 24 heavy (non-hydrogen) atoms. The fourth-order valence-electron chi connectivity index (χ4n) is 2.58. The van der Waals surface area contributed by atoms with Crippen LogP contribution in [0, 0.1) is 0 Å². The second kappa shape index (κ2) is 5.98. The summed E-state index contributed by atoms with van der Waals surface area (Å²) in [6.45, 7) is 1.91. The van der Waals surface area contributed by atoms with E-state index in [1.54, 1.807) is 6.20 Å². The number of halogens is 1. The number of hydrazone groups is 1. The first kappa shape index (κ1) is 14.7. The smallest absolute Gasteiger partial charge is 0.151 e. The van der Waals surface area contributed by atoms with Crippen LogP contribution < -0.4 is 5.43 Å². The predicted molar refractivity (Wildman–Crippen MR) is 98.8 cm³/mol. The lowest BCUT2D eigenvalue weighted by atomic mass is 10.2. The van der Waals surface area contributed by atoms with Crippen molar-refractivity contribution in [2.24, 2.45) is 5.10 Å². The van der Waals surface area contributed by atoms with Gasteiger partial charge in [0.1, 0.15) is 11.3 Å². The lowest BCUT2D eigenvalue weighted by molar-refractivity contribution is 0.604. The van der Waals surface area contributed by atoms with E-state index in [0.717, 1.165) is 39.0 Å². The van der Waals surface area contributed by atoms with Gasteiger partial charge < -0.3 is 4.42 Å². The predicted octanol–water partition coefficient (Wildman–Crippen LogP) is 5.47. The topological polar surface area (TPSA) is 50.4 Å². The summed E-state index contributed by atoms with van der Waals surface area (Å²) >= 11 is 6.02. The van der Waals surface area contributed by atoms with E-state index >= 15 is 0 Å². The number of nitrogens with one attached hydrogen (secondary N) is 1. The molecule has 2 heterocycles. The molecule has 0 aliphatic rings. The quantitative estimate of drug-likeness (QED) is 0.399. The van der Waals surface area contributed by atoms with E-state index in [2.05, 4.69) is 15.5 Å². The van der Waals surface area contributed by atoms with Crippen LogP contribution in [0.3, 0.4) is 0 Å². The van der Waals surface area contributed by atoms with E-state index in [1.807, 2.05) is 61.5 Å². The van der Waals surface area contributed by atoms with Crippen LogP contribution in [0.25, 0.3) is 21.9 Å². The average Bonchev–Trinajstić information content (AvgIpc) is 3.03. The summed E-state index contributed by atoms with van der Waals surface area (Å²) < 4.78 is 5.82. The number of hydrogen-bond acceptors (Lipinski definition) is 4. The highest BCUT2D eigenvalue weighted by Gasteiger charge is 2.07. The molecule has 4 aromatic rings. The number of para-hydroxylation sites is 1. The molecule has 0 radical (unpaired) electrons. The van der Waals surface area contributed by atoms with Crippen molar-refractivity contribution >= 4 is 44.9 Å². The summed E-state index contributed by atoms with van der Waals surface area (Å²) in [4.78, 5) is 4.33. The SMILES string of the molecule is CC(=NNc1ccnc2cc(Cl)ccc12)c1cc2ccccc2o1. The molecule has 4 nitrogen and oxygen atoms in total. The Morgan fingerprint density at radius 3 is 2.88 bits per heavy atom. The molecule has 4 rings (SSSR count). The third-order valence-corrected chi connectivity index (χ3v) is 4.07. The molecular formula is C19H14ClN3O. The van der Waals surface area contributed by atoms with E-state index in [0.29, 0.717) is 5.02 Å². The van der Waals surface area contributed by atoms with E-state index in [1.165, 1.54) is 0 Å². The van der Waals surface area contributed by atoms with Gasteiger partial charge in [0.25, 0.3) is 0 Å². The summed E-state index contributed by atoms with van der Waals surface area (Å²) in [5.74, 6) is 0.741. The van der Waals surface area contributed by atoms with Gasteiger partial charge in [0.2, 0.25) is 0 Å². The second-order valence-corrected chi connectivity index (χ2v) is 5.91. The van der Waals surface area contributed by atoms with Gasteiger partial charge in [-0.25, -0.2) is 0 Å². The zero-order chi connectivity index (χ0) is 16.5. The maximum Gasteiger partial charge on any atom is 0.151 e. The van der Waals surface area contributed by atoms with Gasteiger partial charge in [-0.1, -0.05) is 29.8 Å². The summed E-state index contributed by atoms with van der Waals surface area (Å²) in [6.07, 6.45) is 1.73. The van der Waals surface area contributed by atoms with E-state index in [4.69, 9.17) is 16.0 Å². The van der Waals surface area contributed by atoms with Crippen LogP contribution in [0.1, 0.15) is 12.7 Å². The molecule has 0 spiro atoms. The second-order valence-electron chi connectivity index (χ2n) is 5.48. The van der Waals surface area contributed by atoms with Crippen LogP contribution in [0.15, 0.2) is 70.3 Å². The van der Waals surface area contributed by atoms with Crippen LogP contribution in [0.5, 0.6) is 0 Å². The Hall–Kier alpha value is -2.85. The van der Waals surface area contributed by atoms with Gasteiger partial charge in [0.05, 0.1) is 11.2 Å². The van der Waals surface area contributed by atoms with Gasteiger partial charge in [-0.15, -0.1) is 0 Å². The molecule has 2 aromatic carbocycles. The van der Waals surface area contributed by atoms with Gasteiger partial charge in [-0.05, 0) is 43.3 Å². The fourth-order valence-corrected chi connectivity index (χ4v) is 2.74. The summed E-state index contributed by atoms with van der Waals surface area (Å²) in [7, 11) is 0. The Labute approximate surface area is 143 Å². The van der Waals surface area contributed by atoms with Crippen LogP contribution in [-0.2, 0) is 0 Å². The zero-order valence-corrected chi connectivity index (χ0v) is 13.7. The average molecular weight is 336 g/mol. The number of rotatable bonds is 3. The van der Waals surface area contributed by atoms with Crippen molar-refractivity contribution in [2.45, 2.75) is 6.92 Å². The van der Waals surface area contributed by atoms with Crippen molar-refractivity contribution < 1.29 is 4.42 Å². The first-order valence-electron chi connectivity index (χ1n) is 7.54. The Morgan fingerprint density at radius 2 is 2.00 bits per heavy atom. The highest BCUT2D eigenvalue weighted by Crippen LogP contribution is 2.25. The molecule has 118 valence electrons. The minimum atomic E-state index is 0.661. The lowest BCUT2D eigenvalue weighted by Crippen LogP contribution is -1.99. The van der Waals surface area contributed by atoms with Crippen LogP contribution in [0.2, 0.25) is 5.02 Å². The Morgan fingerprint density at radius 1 is 1.12 bits per heavy atom. The van der Waals surface area contributed by atoms with Gasteiger partial charge in [0, 0.05) is 22.0 Å². The fraction of sp³-hybridized carbons (Fsp3) is 0.0526. The Bertz CT molecular complexity index is 1040. The van der Waals surface area contributed by atoms with Crippen LogP contribution >= 0.6 is 11.6 Å².